The second-order valence-electron chi connectivity index (χ2n) is 5.84. The van der Waals surface area contributed by atoms with Crippen LogP contribution in [0, 0.1) is 0 Å². The lowest BCUT2D eigenvalue weighted by Crippen LogP contribution is -2.15. The third kappa shape index (κ3) is 3.10. The van der Waals surface area contributed by atoms with E-state index in [0.717, 1.165) is 34.1 Å². The molecule has 124 valence electrons. The average Bonchev–Trinajstić information content (AvgIpc) is 2.79. The number of carbonyl (C=O) groups excluding carboxylic acids is 1. The summed E-state index contributed by atoms with van der Waals surface area (Å²) in [7, 11) is 0. The zero-order valence-electron chi connectivity index (χ0n) is 13.4. The molecule has 2 aromatic carbocycles. The summed E-state index contributed by atoms with van der Waals surface area (Å²) in [6, 6.07) is 12.9. The Balaban J connectivity index is 2.20. The topological polar surface area (TPSA) is 68.2 Å². The van der Waals surface area contributed by atoms with Gasteiger partial charge in [0.15, 0.2) is 0 Å². The molecule has 1 amide bonds. The lowest BCUT2D eigenvalue weighted by atomic mass is 10.1. The van der Waals surface area contributed by atoms with Crippen LogP contribution in [-0.4, -0.2) is 15.6 Å². The molecule has 3 N–H and O–H groups in total. The molecule has 5 heteroatoms. The minimum Gasteiger partial charge on any atom is -0.508 e. The summed E-state index contributed by atoms with van der Waals surface area (Å²) in [5, 5.41) is 11.4. The standard InChI is InChI=1S/C19H19ClN2O2/c1-2-17-16(10-19(21)24)15-9-14(23)6-7-18(15)22(17)11-12-4-3-5-13(20)8-12/h3-9,23H,2,10-11H2,1H3,(H2,21,24). The largest absolute Gasteiger partial charge is 0.508 e. The van der Waals surface area contributed by atoms with Crippen molar-refractivity contribution in [1.29, 1.82) is 0 Å². The van der Waals surface area contributed by atoms with Crippen LogP contribution in [0.25, 0.3) is 10.9 Å². The van der Waals surface area contributed by atoms with Gasteiger partial charge in [-0.05, 0) is 47.9 Å². The molecule has 0 unspecified atom stereocenters. The normalized spacial score (nSPS) is 11.1. The van der Waals surface area contributed by atoms with Crippen molar-refractivity contribution in [1.82, 2.24) is 4.57 Å². The number of hydrogen-bond donors (Lipinski definition) is 2. The molecule has 1 heterocycles. The number of phenols is 1. The summed E-state index contributed by atoms with van der Waals surface area (Å²) in [6.07, 6.45) is 0.921. The smallest absolute Gasteiger partial charge is 0.221 e. The minimum atomic E-state index is -0.380. The summed E-state index contributed by atoms with van der Waals surface area (Å²) in [4.78, 5) is 11.5. The van der Waals surface area contributed by atoms with E-state index in [1.807, 2.05) is 37.3 Å². The highest BCUT2D eigenvalue weighted by atomic mass is 35.5. The van der Waals surface area contributed by atoms with E-state index in [1.165, 1.54) is 0 Å². The van der Waals surface area contributed by atoms with Gasteiger partial charge < -0.3 is 15.4 Å². The number of rotatable bonds is 5. The van der Waals surface area contributed by atoms with Crippen molar-refractivity contribution in [3.05, 3.63) is 64.3 Å². The summed E-state index contributed by atoms with van der Waals surface area (Å²) in [5.41, 5.74) is 9.42. The zero-order valence-corrected chi connectivity index (χ0v) is 14.2. The van der Waals surface area contributed by atoms with E-state index in [-0.39, 0.29) is 18.1 Å². The molecule has 0 aliphatic rings. The van der Waals surface area contributed by atoms with Gasteiger partial charge in [-0.2, -0.15) is 0 Å². The maximum atomic E-state index is 11.5. The Hall–Kier alpha value is -2.46. The highest BCUT2D eigenvalue weighted by molar-refractivity contribution is 6.30. The van der Waals surface area contributed by atoms with E-state index in [0.29, 0.717) is 11.6 Å². The van der Waals surface area contributed by atoms with Gasteiger partial charge in [0.05, 0.1) is 6.42 Å². The first-order valence-electron chi connectivity index (χ1n) is 7.85. The first-order chi connectivity index (χ1) is 11.5. The van der Waals surface area contributed by atoms with Crippen molar-refractivity contribution in [3.8, 4) is 5.75 Å². The number of benzene rings is 2. The molecule has 0 bridgehead atoms. The Bertz CT molecular complexity index is 915. The van der Waals surface area contributed by atoms with Crippen LogP contribution in [0.15, 0.2) is 42.5 Å². The lowest BCUT2D eigenvalue weighted by molar-refractivity contribution is -0.117. The molecule has 4 nitrogen and oxygen atoms in total. The average molecular weight is 343 g/mol. The Morgan fingerprint density at radius 3 is 2.71 bits per heavy atom. The number of aromatic hydroxyl groups is 1. The monoisotopic (exact) mass is 342 g/mol. The van der Waals surface area contributed by atoms with E-state index < -0.39 is 0 Å². The first-order valence-corrected chi connectivity index (χ1v) is 8.23. The van der Waals surface area contributed by atoms with Gasteiger partial charge in [0.2, 0.25) is 5.91 Å². The molecule has 1 aromatic heterocycles. The molecule has 0 aliphatic heterocycles. The Morgan fingerprint density at radius 1 is 1.25 bits per heavy atom. The summed E-state index contributed by atoms with van der Waals surface area (Å²) in [6.45, 7) is 2.69. The van der Waals surface area contributed by atoms with E-state index >= 15 is 0 Å². The van der Waals surface area contributed by atoms with Crippen molar-refractivity contribution >= 4 is 28.4 Å². The fraction of sp³-hybridized carbons (Fsp3) is 0.211. The molecule has 3 rings (SSSR count). The van der Waals surface area contributed by atoms with Crippen LogP contribution in [0.2, 0.25) is 5.02 Å². The van der Waals surface area contributed by atoms with E-state index in [2.05, 4.69) is 4.57 Å². The second-order valence-corrected chi connectivity index (χ2v) is 6.28. The summed E-state index contributed by atoms with van der Waals surface area (Å²) < 4.78 is 2.17. The SMILES string of the molecule is CCc1c(CC(N)=O)c2cc(O)ccc2n1Cc1cccc(Cl)c1. The zero-order chi connectivity index (χ0) is 17.3. The number of nitrogens with two attached hydrogens (primary N) is 1. The maximum absolute atomic E-state index is 11.5. The van der Waals surface area contributed by atoms with Gasteiger partial charge in [0.1, 0.15) is 5.75 Å². The molecule has 0 saturated carbocycles. The van der Waals surface area contributed by atoms with Gasteiger partial charge in [0.25, 0.3) is 0 Å². The van der Waals surface area contributed by atoms with Gasteiger partial charge in [-0.25, -0.2) is 0 Å². The van der Waals surface area contributed by atoms with Crippen molar-refractivity contribution in [2.45, 2.75) is 26.3 Å². The molecule has 0 aliphatic carbocycles. The number of phenolic OH excluding ortho intramolecular Hbond substituents is 1. The molecule has 0 spiro atoms. The Morgan fingerprint density at radius 2 is 2.04 bits per heavy atom. The van der Waals surface area contributed by atoms with Gasteiger partial charge in [-0.3, -0.25) is 4.79 Å². The lowest BCUT2D eigenvalue weighted by Gasteiger charge is -2.11. The maximum Gasteiger partial charge on any atom is 0.221 e. The number of aromatic nitrogens is 1. The predicted molar refractivity (Wildman–Crippen MR) is 96.4 cm³/mol. The van der Waals surface area contributed by atoms with Crippen LogP contribution in [0.5, 0.6) is 5.75 Å². The number of carbonyl (C=O) groups is 1. The van der Waals surface area contributed by atoms with Crippen LogP contribution >= 0.6 is 11.6 Å². The van der Waals surface area contributed by atoms with Gasteiger partial charge in [-0.1, -0.05) is 30.7 Å². The van der Waals surface area contributed by atoms with Crippen molar-refractivity contribution in [2.75, 3.05) is 0 Å². The highest BCUT2D eigenvalue weighted by Crippen LogP contribution is 2.31. The predicted octanol–water partition coefficient (Wildman–Crippen LogP) is 3.64. The number of halogens is 1. The van der Waals surface area contributed by atoms with Crippen LogP contribution in [0.1, 0.15) is 23.7 Å². The quantitative estimate of drug-likeness (QED) is 0.743. The second kappa shape index (κ2) is 6.57. The van der Waals surface area contributed by atoms with E-state index in [9.17, 15) is 9.90 Å². The molecule has 3 aromatic rings. The molecular formula is C19H19ClN2O2. The number of nitrogens with zero attached hydrogens (tertiary/aromatic N) is 1. The van der Waals surface area contributed by atoms with Crippen LogP contribution in [0.4, 0.5) is 0 Å². The molecule has 0 radical (unpaired) electrons. The molecule has 0 saturated heterocycles. The van der Waals surface area contributed by atoms with Crippen molar-refractivity contribution in [2.24, 2.45) is 5.73 Å². The van der Waals surface area contributed by atoms with Crippen molar-refractivity contribution < 1.29 is 9.90 Å². The van der Waals surface area contributed by atoms with Crippen LogP contribution in [-0.2, 0) is 24.2 Å². The molecular weight excluding hydrogens is 324 g/mol. The molecule has 0 atom stereocenters. The fourth-order valence-electron chi connectivity index (χ4n) is 3.24. The fourth-order valence-corrected chi connectivity index (χ4v) is 3.45. The minimum absolute atomic E-state index is 0.158. The third-order valence-electron chi connectivity index (χ3n) is 4.19. The number of primary amides is 1. The third-order valence-corrected chi connectivity index (χ3v) is 4.42. The number of hydrogen-bond acceptors (Lipinski definition) is 2. The van der Waals surface area contributed by atoms with Gasteiger partial charge in [-0.15, -0.1) is 0 Å². The van der Waals surface area contributed by atoms with Crippen LogP contribution < -0.4 is 5.73 Å². The number of fused-ring (bicyclic) bond motifs is 1. The van der Waals surface area contributed by atoms with Crippen LogP contribution in [0.3, 0.4) is 0 Å². The first kappa shape index (κ1) is 16.4. The summed E-state index contributed by atoms with van der Waals surface area (Å²) >= 11 is 6.09. The van der Waals surface area contributed by atoms with Gasteiger partial charge >= 0.3 is 0 Å². The van der Waals surface area contributed by atoms with Gasteiger partial charge in [0, 0.05) is 28.2 Å². The molecule has 24 heavy (non-hydrogen) atoms. The van der Waals surface area contributed by atoms with Crippen molar-refractivity contribution in [3.63, 3.8) is 0 Å². The Kier molecular flexibility index (Phi) is 4.49. The molecule has 0 fully saturated rings. The van der Waals surface area contributed by atoms with E-state index in [4.69, 9.17) is 17.3 Å². The highest BCUT2D eigenvalue weighted by Gasteiger charge is 2.18. The Labute approximate surface area is 145 Å². The number of amides is 1. The van der Waals surface area contributed by atoms with E-state index in [1.54, 1.807) is 12.1 Å². The summed E-state index contributed by atoms with van der Waals surface area (Å²) in [5.74, 6) is -0.203.